The molecule has 0 aromatic rings. The molecule has 0 bridgehead atoms. The van der Waals surface area contributed by atoms with E-state index in [4.69, 9.17) is 0 Å². The van der Waals surface area contributed by atoms with Gasteiger partial charge in [0, 0.05) is 16.7 Å². The van der Waals surface area contributed by atoms with Gasteiger partial charge in [0.2, 0.25) is 6.34 Å². The average molecular weight is 171 g/mol. The van der Waals surface area contributed by atoms with E-state index in [0.717, 1.165) is 0 Å². The van der Waals surface area contributed by atoms with Gasteiger partial charge in [-0.15, -0.1) is 0 Å². The predicted molar refractivity (Wildman–Crippen MR) is 52.7 cm³/mol. The van der Waals surface area contributed by atoms with E-state index in [9.17, 15) is 0 Å². The van der Waals surface area contributed by atoms with Crippen molar-refractivity contribution in [1.82, 2.24) is 4.90 Å². The summed E-state index contributed by atoms with van der Waals surface area (Å²) in [5.41, 5.74) is 0. The average Bonchev–Trinajstić information content (AvgIpc) is 2.01. The van der Waals surface area contributed by atoms with Crippen molar-refractivity contribution in [3.63, 3.8) is 0 Å². The van der Waals surface area contributed by atoms with Gasteiger partial charge in [0.15, 0.2) is 0 Å². The van der Waals surface area contributed by atoms with Crippen molar-refractivity contribution < 1.29 is 4.58 Å². The standard InChI is InChI=1S/C8H19N2Si/c1-9-4-2-5-10(8-9)6-3-7-11/h8H,2-7H2,1,11H3/q+1. The highest BCUT2D eigenvalue weighted by atomic mass is 28.1. The van der Waals surface area contributed by atoms with Gasteiger partial charge in [-0.2, -0.15) is 0 Å². The second-order valence-electron chi connectivity index (χ2n) is 3.34. The van der Waals surface area contributed by atoms with Gasteiger partial charge in [0.1, 0.15) is 0 Å². The largest absolute Gasteiger partial charge is 0.271 e. The molecule has 1 aliphatic heterocycles. The number of hydrogen-bond donors (Lipinski definition) is 0. The first kappa shape index (κ1) is 8.78. The molecule has 0 saturated carbocycles. The first-order valence-electron chi connectivity index (χ1n) is 4.62. The lowest BCUT2D eigenvalue weighted by Gasteiger charge is -2.18. The number of rotatable bonds is 3. The summed E-state index contributed by atoms with van der Waals surface area (Å²) >= 11 is 0. The summed E-state index contributed by atoms with van der Waals surface area (Å²) in [5.74, 6) is 0. The summed E-state index contributed by atoms with van der Waals surface area (Å²) in [7, 11) is 3.52. The molecular weight excluding hydrogens is 152 g/mol. The molecule has 11 heavy (non-hydrogen) atoms. The Hall–Kier alpha value is -0.313. The van der Waals surface area contributed by atoms with Crippen molar-refractivity contribution in [2.24, 2.45) is 0 Å². The third-order valence-corrected chi connectivity index (χ3v) is 2.82. The first-order valence-corrected chi connectivity index (χ1v) is 6.03. The van der Waals surface area contributed by atoms with E-state index in [2.05, 4.69) is 22.9 Å². The molecule has 0 radical (unpaired) electrons. The monoisotopic (exact) mass is 171 g/mol. The summed E-state index contributed by atoms with van der Waals surface area (Å²) in [4.78, 5) is 2.45. The van der Waals surface area contributed by atoms with Crippen LogP contribution in [-0.2, 0) is 0 Å². The zero-order valence-electron chi connectivity index (χ0n) is 7.71. The molecule has 0 fully saturated rings. The smallest absolute Gasteiger partial charge is 0.233 e. The van der Waals surface area contributed by atoms with Gasteiger partial charge >= 0.3 is 0 Å². The number of hydrogen-bond acceptors (Lipinski definition) is 1. The fourth-order valence-electron chi connectivity index (χ4n) is 1.45. The van der Waals surface area contributed by atoms with Crippen molar-refractivity contribution in [2.75, 3.05) is 26.7 Å². The molecule has 0 amide bonds. The molecule has 3 heteroatoms. The normalized spacial score (nSPS) is 18.6. The predicted octanol–water partition coefficient (Wildman–Crippen LogP) is -0.464. The van der Waals surface area contributed by atoms with E-state index >= 15 is 0 Å². The van der Waals surface area contributed by atoms with Crippen molar-refractivity contribution in [1.29, 1.82) is 0 Å². The fourth-order valence-corrected chi connectivity index (χ4v) is 1.76. The van der Waals surface area contributed by atoms with Gasteiger partial charge in [-0.05, 0) is 6.42 Å². The molecular formula is C8H19N2Si+. The molecule has 64 valence electrons. The Morgan fingerprint density at radius 3 is 3.09 bits per heavy atom. The van der Waals surface area contributed by atoms with Crippen LogP contribution in [0.15, 0.2) is 0 Å². The highest BCUT2D eigenvalue weighted by Crippen LogP contribution is 1.97. The molecule has 0 spiro atoms. The quantitative estimate of drug-likeness (QED) is 0.411. The molecule has 1 rings (SSSR count). The van der Waals surface area contributed by atoms with Crippen molar-refractivity contribution in [2.45, 2.75) is 18.9 Å². The number of nitrogens with zero attached hydrogens (tertiary/aromatic N) is 2. The third-order valence-electron chi connectivity index (χ3n) is 2.12. The van der Waals surface area contributed by atoms with Crippen LogP contribution in [0.2, 0.25) is 6.04 Å². The van der Waals surface area contributed by atoms with Crippen LogP contribution in [0.25, 0.3) is 0 Å². The topological polar surface area (TPSA) is 6.25 Å². The molecule has 0 N–H and O–H groups in total. The molecule has 1 aliphatic rings. The van der Waals surface area contributed by atoms with Gasteiger partial charge in [0.05, 0.1) is 26.7 Å². The molecule has 0 unspecified atom stereocenters. The van der Waals surface area contributed by atoms with E-state index in [1.54, 1.807) is 0 Å². The van der Waals surface area contributed by atoms with Crippen LogP contribution in [0.1, 0.15) is 12.8 Å². The minimum absolute atomic E-state index is 1.23. The fraction of sp³-hybridized carbons (Fsp3) is 0.875. The maximum atomic E-state index is 2.45. The Morgan fingerprint density at radius 2 is 2.45 bits per heavy atom. The summed E-state index contributed by atoms with van der Waals surface area (Å²) in [6.07, 6.45) is 4.98. The van der Waals surface area contributed by atoms with Crippen LogP contribution < -0.4 is 0 Å². The lowest BCUT2D eigenvalue weighted by molar-refractivity contribution is -0.503. The molecule has 2 nitrogen and oxygen atoms in total. The summed E-state index contributed by atoms with van der Waals surface area (Å²) < 4.78 is 2.29. The van der Waals surface area contributed by atoms with Gasteiger partial charge in [-0.25, -0.2) is 0 Å². The summed E-state index contributed by atoms with van der Waals surface area (Å²) in [6, 6.07) is 1.44. The van der Waals surface area contributed by atoms with Crippen LogP contribution in [0.4, 0.5) is 0 Å². The maximum Gasteiger partial charge on any atom is 0.233 e. The van der Waals surface area contributed by atoms with Crippen molar-refractivity contribution in [3.05, 3.63) is 0 Å². The van der Waals surface area contributed by atoms with E-state index in [1.807, 2.05) is 0 Å². The van der Waals surface area contributed by atoms with Gasteiger partial charge in [0.25, 0.3) is 0 Å². The highest BCUT2D eigenvalue weighted by Gasteiger charge is 2.12. The zero-order chi connectivity index (χ0) is 8.10. The van der Waals surface area contributed by atoms with Crippen molar-refractivity contribution >= 4 is 16.6 Å². The Labute approximate surface area is 72.3 Å². The summed E-state index contributed by atoms with van der Waals surface area (Å²) in [6.45, 7) is 3.77. The van der Waals surface area contributed by atoms with E-state index in [1.165, 1.54) is 48.8 Å². The van der Waals surface area contributed by atoms with E-state index < -0.39 is 0 Å². The van der Waals surface area contributed by atoms with Gasteiger partial charge in [-0.3, -0.25) is 9.48 Å². The molecule has 0 aromatic heterocycles. The SMILES string of the molecule is C[N+]1=CN(CCC[SiH3])CCC1. The van der Waals surface area contributed by atoms with Crippen LogP contribution in [0, 0.1) is 0 Å². The molecule has 0 aliphatic carbocycles. The second-order valence-corrected chi connectivity index (χ2v) is 4.34. The first-order chi connectivity index (χ1) is 5.33. The molecule has 0 atom stereocenters. The maximum absolute atomic E-state index is 2.45. The van der Waals surface area contributed by atoms with Crippen LogP contribution in [-0.4, -0.2) is 52.7 Å². The van der Waals surface area contributed by atoms with E-state index in [0.29, 0.717) is 0 Å². The Balaban J connectivity index is 2.28. The van der Waals surface area contributed by atoms with Crippen LogP contribution >= 0.6 is 0 Å². The van der Waals surface area contributed by atoms with Crippen molar-refractivity contribution in [3.8, 4) is 0 Å². The van der Waals surface area contributed by atoms with Crippen LogP contribution in [0.3, 0.4) is 0 Å². The summed E-state index contributed by atoms with van der Waals surface area (Å²) in [5, 5.41) is 0. The second kappa shape index (κ2) is 4.54. The zero-order valence-corrected chi connectivity index (χ0v) is 9.71. The Kier molecular flexibility index (Phi) is 3.63. The lowest BCUT2D eigenvalue weighted by Crippen LogP contribution is -2.35. The highest BCUT2D eigenvalue weighted by molar-refractivity contribution is 6.08. The Morgan fingerprint density at radius 1 is 1.64 bits per heavy atom. The Bertz CT molecular complexity index is 145. The minimum Gasteiger partial charge on any atom is -0.271 e. The third kappa shape index (κ3) is 3.06. The van der Waals surface area contributed by atoms with Gasteiger partial charge < -0.3 is 0 Å². The van der Waals surface area contributed by atoms with Gasteiger partial charge in [-0.1, -0.05) is 6.04 Å². The molecule has 1 heterocycles. The van der Waals surface area contributed by atoms with Crippen LogP contribution in [0.5, 0.6) is 0 Å². The minimum atomic E-state index is 1.23. The van der Waals surface area contributed by atoms with E-state index in [-0.39, 0.29) is 0 Å². The molecule has 0 saturated heterocycles. The lowest BCUT2D eigenvalue weighted by atomic mass is 10.3. The molecule has 0 aromatic carbocycles.